The molecule has 0 aliphatic rings. The Labute approximate surface area is 102 Å². The molecule has 1 aromatic rings. The average molecular weight is 243 g/mol. The van der Waals surface area contributed by atoms with Gasteiger partial charge in [-0.15, -0.1) is 0 Å². The number of aromatic nitrogens is 1. The van der Waals surface area contributed by atoms with Crippen LogP contribution in [0.4, 0.5) is 5.82 Å². The fourth-order valence-electron chi connectivity index (χ4n) is 1.31. The van der Waals surface area contributed by atoms with Crippen molar-refractivity contribution in [3.8, 4) is 0 Å². The van der Waals surface area contributed by atoms with Gasteiger partial charge in [-0.1, -0.05) is 25.4 Å². The van der Waals surface area contributed by atoms with Gasteiger partial charge in [0.2, 0.25) is 0 Å². The van der Waals surface area contributed by atoms with Crippen molar-refractivity contribution in [1.82, 2.24) is 4.98 Å². The first-order valence-corrected chi connectivity index (χ1v) is 5.97. The van der Waals surface area contributed by atoms with Crippen LogP contribution in [0.5, 0.6) is 0 Å². The van der Waals surface area contributed by atoms with Gasteiger partial charge in [0, 0.05) is 12.8 Å². The Bertz CT molecular complexity index is 318. The predicted octanol–water partition coefficient (Wildman–Crippen LogP) is 3.21. The number of halogens is 1. The van der Waals surface area contributed by atoms with Crippen LogP contribution in [-0.4, -0.2) is 24.2 Å². The maximum absolute atomic E-state index is 6.04. The third-order valence-corrected chi connectivity index (χ3v) is 2.69. The van der Waals surface area contributed by atoms with Crippen molar-refractivity contribution in [2.45, 2.75) is 26.8 Å². The number of ether oxygens (including phenoxy) is 1. The fourth-order valence-corrected chi connectivity index (χ4v) is 1.49. The van der Waals surface area contributed by atoms with Gasteiger partial charge in [-0.25, -0.2) is 4.98 Å². The van der Waals surface area contributed by atoms with Gasteiger partial charge in [0.05, 0.1) is 17.7 Å². The molecule has 1 heterocycles. The van der Waals surface area contributed by atoms with E-state index in [9.17, 15) is 0 Å². The van der Waals surface area contributed by atoms with Gasteiger partial charge in [-0.2, -0.15) is 0 Å². The zero-order chi connectivity index (χ0) is 12.0. The minimum Gasteiger partial charge on any atom is -0.380 e. The van der Waals surface area contributed by atoms with Crippen molar-refractivity contribution in [3.05, 3.63) is 23.4 Å². The van der Waals surface area contributed by atoms with Gasteiger partial charge >= 0.3 is 0 Å². The van der Waals surface area contributed by atoms with Gasteiger partial charge in [0.1, 0.15) is 5.82 Å². The standard InChI is InChI=1S/C12H19ClN2O/c1-4-16-8-11(9(2)3)15-12-10(13)6-5-7-14-12/h5-7,9,11H,4,8H2,1-3H3,(H,14,15). The van der Waals surface area contributed by atoms with Crippen LogP contribution in [0.3, 0.4) is 0 Å². The number of nitrogens with zero attached hydrogens (tertiary/aromatic N) is 1. The summed E-state index contributed by atoms with van der Waals surface area (Å²) in [5.41, 5.74) is 0. The number of nitrogens with one attached hydrogen (secondary N) is 1. The van der Waals surface area contributed by atoms with E-state index in [0.717, 1.165) is 12.4 Å². The Morgan fingerprint density at radius 2 is 2.25 bits per heavy atom. The van der Waals surface area contributed by atoms with Crippen molar-refractivity contribution < 1.29 is 4.74 Å². The molecule has 0 amide bonds. The van der Waals surface area contributed by atoms with Crippen LogP contribution in [-0.2, 0) is 4.74 Å². The molecule has 0 radical (unpaired) electrons. The SMILES string of the molecule is CCOCC(Nc1ncccc1Cl)C(C)C. The van der Waals surface area contributed by atoms with E-state index in [1.807, 2.05) is 19.1 Å². The highest BCUT2D eigenvalue weighted by molar-refractivity contribution is 6.32. The van der Waals surface area contributed by atoms with Crippen molar-refractivity contribution in [2.24, 2.45) is 5.92 Å². The van der Waals surface area contributed by atoms with E-state index >= 15 is 0 Å². The molecule has 0 saturated heterocycles. The third-order valence-electron chi connectivity index (χ3n) is 2.39. The quantitative estimate of drug-likeness (QED) is 0.832. The average Bonchev–Trinajstić information content (AvgIpc) is 2.26. The number of hydrogen-bond acceptors (Lipinski definition) is 3. The summed E-state index contributed by atoms with van der Waals surface area (Å²) < 4.78 is 5.44. The molecule has 16 heavy (non-hydrogen) atoms. The smallest absolute Gasteiger partial charge is 0.145 e. The normalized spacial score (nSPS) is 12.8. The van der Waals surface area contributed by atoms with E-state index in [1.165, 1.54) is 0 Å². The summed E-state index contributed by atoms with van der Waals surface area (Å²) in [6.07, 6.45) is 1.73. The predicted molar refractivity (Wildman–Crippen MR) is 68.0 cm³/mol. The van der Waals surface area contributed by atoms with Crippen LogP contribution in [0.1, 0.15) is 20.8 Å². The molecular weight excluding hydrogens is 224 g/mol. The Balaban J connectivity index is 2.64. The lowest BCUT2D eigenvalue weighted by Crippen LogP contribution is -2.31. The van der Waals surface area contributed by atoms with Crippen molar-refractivity contribution in [2.75, 3.05) is 18.5 Å². The van der Waals surface area contributed by atoms with Crippen LogP contribution in [0, 0.1) is 5.92 Å². The van der Waals surface area contributed by atoms with Crippen LogP contribution >= 0.6 is 11.6 Å². The number of anilines is 1. The fraction of sp³-hybridized carbons (Fsp3) is 0.583. The lowest BCUT2D eigenvalue weighted by atomic mass is 10.1. The van der Waals surface area contributed by atoms with Crippen LogP contribution in [0.25, 0.3) is 0 Å². The lowest BCUT2D eigenvalue weighted by molar-refractivity contribution is 0.126. The Morgan fingerprint density at radius 1 is 1.50 bits per heavy atom. The first kappa shape index (κ1) is 13.3. The van der Waals surface area contributed by atoms with Crippen LogP contribution < -0.4 is 5.32 Å². The molecule has 1 aromatic heterocycles. The molecule has 0 aliphatic carbocycles. The molecule has 0 spiro atoms. The summed E-state index contributed by atoms with van der Waals surface area (Å²) >= 11 is 6.04. The van der Waals surface area contributed by atoms with Gasteiger partial charge in [-0.3, -0.25) is 0 Å². The summed E-state index contributed by atoms with van der Waals surface area (Å²) in [7, 11) is 0. The molecule has 0 aromatic carbocycles. The summed E-state index contributed by atoms with van der Waals surface area (Å²) in [4.78, 5) is 4.21. The second-order valence-electron chi connectivity index (χ2n) is 3.99. The number of rotatable bonds is 6. The minimum atomic E-state index is 0.229. The largest absolute Gasteiger partial charge is 0.380 e. The van der Waals surface area contributed by atoms with Gasteiger partial charge in [0.15, 0.2) is 0 Å². The van der Waals surface area contributed by atoms with E-state index < -0.39 is 0 Å². The highest BCUT2D eigenvalue weighted by Gasteiger charge is 2.14. The molecule has 1 unspecified atom stereocenters. The van der Waals surface area contributed by atoms with Gasteiger partial charge in [0.25, 0.3) is 0 Å². The molecule has 4 heteroatoms. The highest BCUT2D eigenvalue weighted by Crippen LogP contribution is 2.20. The molecule has 3 nitrogen and oxygen atoms in total. The molecule has 1 N–H and O–H groups in total. The van der Waals surface area contributed by atoms with E-state index in [4.69, 9.17) is 16.3 Å². The Morgan fingerprint density at radius 3 is 2.81 bits per heavy atom. The summed E-state index contributed by atoms with van der Waals surface area (Å²) in [6, 6.07) is 3.88. The molecular formula is C12H19ClN2O. The zero-order valence-electron chi connectivity index (χ0n) is 10.0. The van der Waals surface area contributed by atoms with E-state index in [0.29, 0.717) is 17.5 Å². The first-order valence-electron chi connectivity index (χ1n) is 5.60. The number of pyridine rings is 1. The zero-order valence-corrected chi connectivity index (χ0v) is 10.8. The molecule has 90 valence electrons. The molecule has 1 atom stereocenters. The monoisotopic (exact) mass is 242 g/mol. The molecule has 0 aliphatic heterocycles. The molecule has 0 fully saturated rings. The maximum Gasteiger partial charge on any atom is 0.145 e. The summed E-state index contributed by atoms with van der Waals surface area (Å²) in [5.74, 6) is 1.19. The lowest BCUT2D eigenvalue weighted by Gasteiger charge is -2.23. The van der Waals surface area contributed by atoms with E-state index in [-0.39, 0.29) is 6.04 Å². The molecule has 1 rings (SSSR count). The number of hydrogen-bond donors (Lipinski definition) is 1. The third kappa shape index (κ3) is 3.99. The summed E-state index contributed by atoms with van der Waals surface area (Å²) in [5, 5.41) is 3.96. The highest BCUT2D eigenvalue weighted by atomic mass is 35.5. The Kier molecular flexibility index (Phi) is 5.56. The van der Waals surface area contributed by atoms with Crippen LogP contribution in [0.15, 0.2) is 18.3 Å². The maximum atomic E-state index is 6.04. The summed E-state index contributed by atoms with van der Waals surface area (Å²) in [6.45, 7) is 7.67. The second-order valence-corrected chi connectivity index (χ2v) is 4.40. The minimum absolute atomic E-state index is 0.229. The Hall–Kier alpha value is -0.800. The first-order chi connectivity index (χ1) is 7.65. The van der Waals surface area contributed by atoms with E-state index in [1.54, 1.807) is 6.20 Å². The topological polar surface area (TPSA) is 34.1 Å². The van der Waals surface area contributed by atoms with Gasteiger partial charge < -0.3 is 10.1 Å². The van der Waals surface area contributed by atoms with Crippen molar-refractivity contribution in [3.63, 3.8) is 0 Å². The molecule has 0 saturated carbocycles. The van der Waals surface area contributed by atoms with Gasteiger partial charge in [-0.05, 0) is 25.0 Å². The van der Waals surface area contributed by atoms with Crippen LogP contribution in [0.2, 0.25) is 5.02 Å². The second kappa shape index (κ2) is 6.71. The van der Waals surface area contributed by atoms with Crippen molar-refractivity contribution >= 4 is 17.4 Å². The molecule has 0 bridgehead atoms. The van der Waals surface area contributed by atoms with Crippen molar-refractivity contribution in [1.29, 1.82) is 0 Å². The van der Waals surface area contributed by atoms with E-state index in [2.05, 4.69) is 24.1 Å².